The van der Waals surface area contributed by atoms with Crippen molar-refractivity contribution in [3.63, 3.8) is 0 Å². The van der Waals surface area contributed by atoms with E-state index in [1.807, 2.05) is 7.05 Å². The SMILES string of the molecule is CN(CCCC=O)Cc1ccc(F)cc1. The minimum Gasteiger partial charge on any atom is -0.303 e. The van der Waals surface area contributed by atoms with Crippen LogP contribution in [0.1, 0.15) is 18.4 Å². The third-order valence-corrected chi connectivity index (χ3v) is 2.23. The molecule has 0 saturated heterocycles. The van der Waals surface area contributed by atoms with Crippen LogP contribution in [0.4, 0.5) is 4.39 Å². The maximum absolute atomic E-state index is 12.6. The highest BCUT2D eigenvalue weighted by molar-refractivity contribution is 5.48. The number of hydrogen-bond acceptors (Lipinski definition) is 2. The number of carbonyl (C=O) groups excluding carboxylic acids is 1. The van der Waals surface area contributed by atoms with E-state index in [4.69, 9.17) is 0 Å². The number of halogens is 1. The molecular formula is C12H16FNO. The van der Waals surface area contributed by atoms with Gasteiger partial charge in [-0.1, -0.05) is 12.1 Å². The second-order valence-corrected chi connectivity index (χ2v) is 3.67. The lowest BCUT2D eigenvalue weighted by Crippen LogP contribution is -2.19. The Morgan fingerprint density at radius 3 is 2.60 bits per heavy atom. The molecule has 82 valence electrons. The number of aldehydes is 1. The van der Waals surface area contributed by atoms with E-state index in [2.05, 4.69) is 4.90 Å². The predicted molar refractivity (Wildman–Crippen MR) is 58.0 cm³/mol. The highest BCUT2D eigenvalue weighted by Gasteiger charge is 2.00. The van der Waals surface area contributed by atoms with Gasteiger partial charge in [0.15, 0.2) is 0 Å². The maximum atomic E-state index is 12.6. The quantitative estimate of drug-likeness (QED) is 0.529. The van der Waals surface area contributed by atoms with Crippen LogP contribution < -0.4 is 0 Å². The van der Waals surface area contributed by atoms with Gasteiger partial charge in [-0.15, -0.1) is 0 Å². The van der Waals surface area contributed by atoms with Crippen LogP contribution in [-0.2, 0) is 11.3 Å². The Bertz CT molecular complexity index is 297. The smallest absolute Gasteiger partial charge is 0.123 e. The van der Waals surface area contributed by atoms with Crippen molar-refractivity contribution >= 4 is 6.29 Å². The number of nitrogens with zero attached hydrogens (tertiary/aromatic N) is 1. The van der Waals surface area contributed by atoms with Crippen LogP contribution in [-0.4, -0.2) is 24.8 Å². The predicted octanol–water partition coefficient (Wildman–Crippen LogP) is 2.24. The van der Waals surface area contributed by atoms with Crippen molar-refractivity contribution in [2.75, 3.05) is 13.6 Å². The van der Waals surface area contributed by atoms with Crippen LogP contribution in [0, 0.1) is 5.82 Å². The summed E-state index contributed by atoms with van der Waals surface area (Å²) in [5, 5.41) is 0. The summed E-state index contributed by atoms with van der Waals surface area (Å²) >= 11 is 0. The van der Waals surface area contributed by atoms with E-state index in [1.54, 1.807) is 12.1 Å². The molecule has 0 fully saturated rings. The molecule has 3 heteroatoms. The van der Waals surface area contributed by atoms with E-state index >= 15 is 0 Å². The molecule has 1 aromatic rings. The molecule has 2 nitrogen and oxygen atoms in total. The second kappa shape index (κ2) is 6.30. The highest BCUT2D eigenvalue weighted by Crippen LogP contribution is 2.05. The largest absolute Gasteiger partial charge is 0.303 e. The van der Waals surface area contributed by atoms with Gasteiger partial charge in [0.2, 0.25) is 0 Å². The third-order valence-electron chi connectivity index (χ3n) is 2.23. The van der Waals surface area contributed by atoms with Crippen molar-refractivity contribution in [3.8, 4) is 0 Å². The molecule has 0 aliphatic carbocycles. The fourth-order valence-corrected chi connectivity index (χ4v) is 1.43. The summed E-state index contributed by atoms with van der Waals surface area (Å²) in [7, 11) is 1.99. The lowest BCUT2D eigenvalue weighted by molar-refractivity contribution is -0.108. The lowest BCUT2D eigenvalue weighted by atomic mass is 10.2. The number of carbonyl (C=O) groups is 1. The maximum Gasteiger partial charge on any atom is 0.123 e. The molecule has 1 rings (SSSR count). The first-order valence-electron chi connectivity index (χ1n) is 5.09. The molecule has 0 bridgehead atoms. The average molecular weight is 209 g/mol. The minimum absolute atomic E-state index is 0.206. The zero-order valence-corrected chi connectivity index (χ0v) is 8.95. The van der Waals surface area contributed by atoms with Crippen molar-refractivity contribution < 1.29 is 9.18 Å². The number of hydrogen-bond donors (Lipinski definition) is 0. The molecule has 0 aliphatic rings. The molecule has 0 unspecified atom stereocenters. The lowest BCUT2D eigenvalue weighted by Gasteiger charge is -2.15. The summed E-state index contributed by atoms with van der Waals surface area (Å²) in [4.78, 5) is 12.2. The van der Waals surface area contributed by atoms with Gasteiger partial charge in [-0.3, -0.25) is 0 Å². The molecule has 0 heterocycles. The van der Waals surface area contributed by atoms with Gasteiger partial charge in [0.25, 0.3) is 0 Å². The van der Waals surface area contributed by atoms with Crippen molar-refractivity contribution in [2.24, 2.45) is 0 Å². The summed E-state index contributed by atoms with van der Waals surface area (Å²) in [6.07, 6.45) is 2.42. The number of unbranched alkanes of at least 4 members (excludes halogenated alkanes) is 1. The van der Waals surface area contributed by atoms with E-state index in [1.165, 1.54) is 12.1 Å². The molecule has 15 heavy (non-hydrogen) atoms. The number of rotatable bonds is 6. The minimum atomic E-state index is -0.206. The Morgan fingerprint density at radius 2 is 2.00 bits per heavy atom. The number of benzene rings is 1. The summed E-state index contributed by atoms with van der Waals surface area (Å²) in [5.74, 6) is -0.206. The molecule has 0 N–H and O–H groups in total. The molecule has 0 radical (unpaired) electrons. The molecule has 0 atom stereocenters. The van der Waals surface area contributed by atoms with Crippen LogP contribution >= 0.6 is 0 Å². The molecule has 0 spiro atoms. The Hall–Kier alpha value is -1.22. The summed E-state index contributed by atoms with van der Waals surface area (Å²) < 4.78 is 12.6. The van der Waals surface area contributed by atoms with E-state index in [-0.39, 0.29) is 5.82 Å². The van der Waals surface area contributed by atoms with Crippen molar-refractivity contribution in [1.82, 2.24) is 4.90 Å². The zero-order chi connectivity index (χ0) is 11.1. The topological polar surface area (TPSA) is 20.3 Å². The van der Waals surface area contributed by atoms with Gasteiger partial charge in [-0.2, -0.15) is 0 Å². The molecule has 1 aromatic carbocycles. The summed E-state index contributed by atoms with van der Waals surface area (Å²) in [5.41, 5.74) is 1.09. The van der Waals surface area contributed by atoms with Gasteiger partial charge < -0.3 is 9.69 Å². The monoisotopic (exact) mass is 209 g/mol. The van der Waals surface area contributed by atoms with E-state index in [0.29, 0.717) is 6.42 Å². The standard InChI is InChI=1S/C12H16FNO/c1-14(8-2-3-9-15)10-11-4-6-12(13)7-5-11/h4-7,9H,2-3,8,10H2,1H3. The highest BCUT2D eigenvalue weighted by atomic mass is 19.1. The van der Waals surface area contributed by atoms with Crippen molar-refractivity contribution in [1.29, 1.82) is 0 Å². The van der Waals surface area contributed by atoms with Gasteiger partial charge in [0, 0.05) is 13.0 Å². The van der Waals surface area contributed by atoms with Crippen LogP contribution in [0.3, 0.4) is 0 Å². The fraction of sp³-hybridized carbons (Fsp3) is 0.417. The molecular weight excluding hydrogens is 193 g/mol. The first-order chi connectivity index (χ1) is 7.22. The van der Waals surface area contributed by atoms with Crippen LogP contribution in [0.15, 0.2) is 24.3 Å². The average Bonchev–Trinajstić information content (AvgIpc) is 2.22. The zero-order valence-electron chi connectivity index (χ0n) is 8.95. The molecule has 0 aliphatic heterocycles. The summed E-state index contributed by atoms with van der Waals surface area (Å²) in [6.45, 7) is 1.68. The van der Waals surface area contributed by atoms with Gasteiger partial charge in [0.1, 0.15) is 12.1 Å². The Kier molecular flexibility index (Phi) is 4.98. The van der Waals surface area contributed by atoms with Crippen LogP contribution in [0.25, 0.3) is 0 Å². The van der Waals surface area contributed by atoms with Crippen molar-refractivity contribution in [3.05, 3.63) is 35.6 Å². The van der Waals surface area contributed by atoms with Gasteiger partial charge in [-0.05, 0) is 37.7 Å². The van der Waals surface area contributed by atoms with Crippen LogP contribution in [0.5, 0.6) is 0 Å². The molecule has 0 amide bonds. The van der Waals surface area contributed by atoms with Crippen molar-refractivity contribution in [2.45, 2.75) is 19.4 Å². The Balaban J connectivity index is 2.34. The fourth-order valence-electron chi connectivity index (χ4n) is 1.43. The van der Waals surface area contributed by atoms with Gasteiger partial charge in [-0.25, -0.2) is 4.39 Å². The molecule has 0 aromatic heterocycles. The molecule has 0 saturated carbocycles. The third kappa shape index (κ3) is 4.70. The van der Waals surface area contributed by atoms with E-state index in [9.17, 15) is 9.18 Å². The summed E-state index contributed by atoms with van der Waals surface area (Å²) in [6, 6.07) is 6.50. The van der Waals surface area contributed by atoms with E-state index in [0.717, 1.165) is 31.4 Å². The first-order valence-corrected chi connectivity index (χ1v) is 5.09. The van der Waals surface area contributed by atoms with Crippen LogP contribution in [0.2, 0.25) is 0 Å². The first kappa shape index (κ1) is 11.9. The second-order valence-electron chi connectivity index (χ2n) is 3.67. The van der Waals surface area contributed by atoms with Gasteiger partial charge >= 0.3 is 0 Å². The normalized spacial score (nSPS) is 10.6. The van der Waals surface area contributed by atoms with Gasteiger partial charge in [0.05, 0.1) is 0 Å². The Labute approximate surface area is 89.7 Å². The Morgan fingerprint density at radius 1 is 1.33 bits per heavy atom. The van der Waals surface area contributed by atoms with E-state index < -0.39 is 0 Å².